The number of carbonyl (C=O) groups excluding carboxylic acids is 1. The Bertz CT molecular complexity index is 1100. The number of carboxylic acid groups (broad SMARTS) is 1. The van der Waals surface area contributed by atoms with Crippen molar-refractivity contribution in [3.05, 3.63) is 65.2 Å². The average Bonchev–Trinajstić information content (AvgIpc) is 2.72. The molecule has 2 aromatic rings. The van der Waals surface area contributed by atoms with E-state index in [1.165, 1.54) is 30.3 Å². The summed E-state index contributed by atoms with van der Waals surface area (Å²) in [5.74, 6) is -2.12. The van der Waals surface area contributed by atoms with E-state index >= 15 is 0 Å². The summed E-state index contributed by atoms with van der Waals surface area (Å²) in [4.78, 5) is 23.4. The number of nitrogens with zero attached hydrogens (tertiary/aromatic N) is 2. The Morgan fingerprint density at radius 3 is 2.28 bits per heavy atom. The van der Waals surface area contributed by atoms with E-state index in [9.17, 15) is 23.1 Å². The third-order valence-electron chi connectivity index (χ3n) is 3.85. The summed E-state index contributed by atoms with van der Waals surface area (Å²) in [6, 6.07) is 13.9. The van der Waals surface area contributed by atoms with Gasteiger partial charge < -0.3 is 10.4 Å². The maximum absolute atomic E-state index is 12.2. The summed E-state index contributed by atoms with van der Waals surface area (Å²) in [5, 5.41) is 29.2. The molecule has 0 radical (unpaired) electrons. The van der Waals surface area contributed by atoms with Crippen LogP contribution < -0.4 is 10.0 Å². The second kappa shape index (κ2) is 9.46. The fraction of sp³-hybridized carbons (Fsp3) is 0.158. The van der Waals surface area contributed by atoms with E-state index in [0.717, 1.165) is 0 Å². The number of sulfonamides is 1. The summed E-state index contributed by atoms with van der Waals surface area (Å²) in [6.07, 6.45) is -0.0705. The van der Waals surface area contributed by atoms with Gasteiger partial charge in [0.2, 0.25) is 15.9 Å². The maximum Gasteiger partial charge on any atom is 0.326 e. The first-order chi connectivity index (χ1) is 13.7. The van der Waals surface area contributed by atoms with Crippen molar-refractivity contribution in [1.29, 1.82) is 10.5 Å². The molecule has 0 heterocycles. The molecule has 0 bridgehead atoms. The van der Waals surface area contributed by atoms with Gasteiger partial charge in [0.25, 0.3) is 0 Å². The first kappa shape index (κ1) is 21.6. The minimum atomic E-state index is -4.01. The third-order valence-corrected chi connectivity index (χ3v) is 5.26. The van der Waals surface area contributed by atoms with Crippen molar-refractivity contribution in [1.82, 2.24) is 10.0 Å². The Hall–Kier alpha value is -3.73. The molecule has 2 rings (SSSR count). The first-order valence-electron chi connectivity index (χ1n) is 8.26. The van der Waals surface area contributed by atoms with Gasteiger partial charge in [0, 0.05) is 6.42 Å². The molecule has 1 amide bonds. The standard InChI is InChI=1S/C19H16N4O5S/c20-10-13-4-6-16(7-5-13)29(27,28)22-12-18(24)23-17(19(25)26)9-14-2-1-3-15(8-14)11-21/h1-8,17,22H,9,12H2,(H,23,24)(H,25,26). The van der Waals surface area contributed by atoms with Crippen molar-refractivity contribution >= 4 is 21.9 Å². The van der Waals surface area contributed by atoms with E-state index in [4.69, 9.17) is 10.5 Å². The van der Waals surface area contributed by atoms with Gasteiger partial charge in [-0.05, 0) is 42.0 Å². The molecule has 3 N–H and O–H groups in total. The summed E-state index contributed by atoms with van der Waals surface area (Å²) >= 11 is 0. The van der Waals surface area contributed by atoms with Gasteiger partial charge in [-0.3, -0.25) is 4.79 Å². The second-order valence-electron chi connectivity index (χ2n) is 5.94. The number of hydrogen-bond donors (Lipinski definition) is 3. The van der Waals surface area contributed by atoms with Crippen LogP contribution in [0.1, 0.15) is 16.7 Å². The fourth-order valence-corrected chi connectivity index (χ4v) is 3.38. The summed E-state index contributed by atoms with van der Waals surface area (Å²) in [6.45, 7) is -0.662. The van der Waals surface area contributed by atoms with Crippen LogP contribution in [-0.4, -0.2) is 38.0 Å². The highest BCUT2D eigenvalue weighted by Gasteiger charge is 2.22. The van der Waals surface area contributed by atoms with E-state index in [-0.39, 0.29) is 16.9 Å². The Morgan fingerprint density at radius 1 is 1.03 bits per heavy atom. The number of aliphatic carboxylic acids is 1. The lowest BCUT2D eigenvalue weighted by atomic mass is 10.0. The molecule has 148 valence electrons. The highest BCUT2D eigenvalue weighted by atomic mass is 32.2. The number of nitriles is 2. The summed E-state index contributed by atoms with van der Waals surface area (Å²) in [5.41, 5.74) is 1.18. The van der Waals surface area contributed by atoms with Crippen LogP contribution in [0.2, 0.25) is 0 Å². The van der Waals surface area contributed by atoms with E-state index in [1.807, 2.05) is 12.1 Å². The SMILES string of the molecule is N#Cc1ccc(S(=O)(=O)NCC(=O)NC(Cc2cccc(C#N)c2)C(=O)O)cc1. The minimum absolute atomic E-state index is 0.0705. The molecule has 1 atom stereocenters. The Kier molecular flexibility index (Phi) is 7.04. The molecule has 29 heavy (non-hydrogen) atoms. The maximum atomic E-state index is 12.2. The number of rotatable bonds is 8. The van der Waals surface area contributed by atoms with Crippen molar-refractivity contribution in [2.24, 2.45) is 0 Å². The summed E-state index contributed by atoms with van der Waals surface area (Å²) < 4.78 is 26.5. The van der Waals surface area contributed by atoms with Crippen LogP contribution in [0.15, 0.2) is 53.4 Å². The van der Waals surface area contributed by atoms with Gasteiger partial charge in [0.05, 0.1) is 34.7 Å². The van der Waals surface area contributed by atoms with E-state index in [0.29, 0.717) is 11.1 Å². The van der Waals surface area contributed by atoms with E-state index in [2.05, 4.69) is 10.0 Å². The number of carboxylic acids is 1. The molecular weight excluding hydrogens is 396 g/mol. The van der Waals surface area contributed by atoms with Crippen LogP contribution in [0.3, 0.4) is 0 Å². The van der Waals surface area contributed by atoms with Gasteiger partial charge >= 0.3 is 5.97 Å². The van der Waals surface area contributed by atoms with E-state index in [1.54, 1.807) is 18.2 Å². The van der Waals surface area contributed by atoms with Crippen LogP contribution >= 0.6 is 0 Å². The molecule has 0 aliphatic carbocycles. The molecule has 2 aromatic carbocycles. The Balaban J connectivity index is 2.00. The van der Waals surface area contributed by atoms with Crippen LogP contribution in [-0.2, 0) is 26.0 Å². The average molecular weight is 412 g/mol. The molecular formula is C19H16N4O5S. The normalized spacial score (nSPS) is 11.7. The molecule has 9 nitrogen and oxygen atoms in total. The molecule has 0 aliphatic rings. The number of benzene rings is 2. The number of amides is 1. The topological polar surface area (TPSA) is 160 Å². The number of nitrogens with one attached hydrogen (secondary N) is 2. The van der Waals surface area contributed by atoms with Crippen LogP contribution in [0.5, 0.6) is 0 Å². The zero-order valence-corrected chi connectivity index (χ0v) is 15.8. The second-order valence-corrected chi connectivity index (χ2v) is 7.70. The van der Waals surface area contributed by atoms with Crippen molar-refractivity contribution in [3.63, 3.8) is 0 Å². The Morgan fingerprint density at radius 2 is 1.69 bits per heavy atom. The molecule has 0 saturated heterocycles. The summed E-state index contributed by atoms with van der Waals surface area (Å²) in [7, 11) is -4.01. The van der Waals surface area contributed by atoms with Crippen LogP contribution in [0.25, 0.3) is 0 Å². The Labute approximate surface area is 167 Å². The zero-order chi connectivity index (χ0) is 21.4. The van der Waals surface area contributed by atoms with Gasteiger partial charge in [-0.25, -0.2) is 17.9 Å². The lowest BCUT2D eigenvalue weighted by Crippen LogP contribution is -2.46. The molecule has 0 aromatic heterocycles. The van der Waals surface area contributed by atoms with Gasteiger partial charge in [-0.15, -0.1) is 0 Å². The molecule has 0 saturated carbocycles. The minimum Gasteiger partial charge on any atom is -0.480 e. The number of hydrogen-bond acceptors (Lipinski definition) is 6. The van der Waals surface area contributed by atoms with Crippen molar-refractivity contribution in [3.8, 4) is 12.1 Å². The predicted molar refractivity (Wildman–Crippen MR) is 101 cm³/mol. The molecule has 0 spiro atoms. The quantitative estimate of drug-likeness (QED) is 0.569. The highest BCUT2D eigenvalue weighted by molar-refractivity contribution is 7.89. The van der Waals surface area contributed by atoms with Gasteiger partial charge in [0.15, 0.2) is 0 Å². The highest BCUT2D eigenvalue weighted by Crippen LogP contribution is 2.10. The zero-order valence-electron chi connectivity index (χ0n) is 15.0. The van der Waals surface area contributed by atoms with Crippen molar-refractivity contribution in [2.45, 2.75) is 17.4 Å². The van der Waals surface area contributed by atoms with E-state index < -0.39 is 34.5 Å². The fourth-order valence-electron chi connectivity index (χ4n) is 2.40. The van der Waals surface area contributed by atoms with Gasteiger partial charge in [-0.1, -0.05) is 12.1 Å². The smallest absolute Gasteiger partial charge is 0.326 e. The lowest BCUT2D eigenvalue weighted by Gasteiger charge is -2.15. The first-order valence-corrected chi connectivity index (χ1v) is 9.74. The van der Waals surface area contributed by atoms with Crippen LogP contribution in [0, 0.1) is 22.7 Å². The molecule has 0 aliphatic heterocycles. The predicted octanol–water partition coefficient (Wildman–Crippen LogP) is 0.520. The lowest BCUT2D eigenvalue weighted by molar-refractivity contribution is -0.141. The number of carbonyl (C=O) groups is 2. The van der Waals surface area contributed by atoms with Crippen molar-refractivity contribution in [2.75, 3.05) is 6.54 Å². The molecule has 1 unspecified atom stereocenters. The van der Waals surface area contributed by atoms with Crippen molar-refractivity contribution < 1.29 is 23.1 Å². The monoisotopic (exact) mass is 412 g/mol. The molecule has 10 heteroatoms. The third kappa shape index (κ3) is 6.14. The molecule has 0 fully saturated rings. The van der Waals surface area contributed by atoms with Gasteiger partial charge in [0.1, 0.15) is 6.04 Å². The van der Waals surface area contributed by atoms with Gasteiger partial charge in [-0.2, -0.15) is 10.5 Å². The van der Waals surface area contributed by atoms with Crippen LogP contribution in [0.4, 0.5) is 0 Å². The largest absolute Gasteiger partial charge is 0.480 e.